The molecule has 0 amide bonds. The number of nitrogens with one attached hydrogen (secondary N) is 1. The number of rotatable bonds is 4. The van der Waals surface area contributed by atoms with E-state index in [0.717, 1.165) is 12.1 Å². The molecule has 1 N–H and O–H groups in total. The number of anilines is 1. The summed E-state index contributed by atoms with van der Waals surface area (Å²) in [5.74, 6) is -8.78. The van der Waals surface area contributed by atoms with Crippen LogP contribution in [0.3, 0.4) is 0 Å². The van der Waals surface area contributed by atoms with Crippen LogP contribution in [0.5, 0.6) is 0 Å². The molecule has 2 aromatic carbocycles. The highest BCUT2D eigenvalue weighted by Gasteiger charge is 2.23. The first-order chi connectivity index (χ1) is 10.2. The van der Waals surface area contributed by atoms with Gasteiger partial charge in [-0.15, -0.1) is 0 Å². The molecule has 0 saturated carbocycles. The summed E-state index contributed by atoms with van der Waals surface area (Å²) in [5, 5.41) is 0. The van der Waals surface area contributed by atoms with Gasteiger partial charge in [-0.1, -0.05) is 12.1 Å². The Bertz CT molecular complexity index is 797. The SMILES string of the molecule is O=S(=O)(Cc1cccc(F)c1)Nc1c(F)c(F)cc(F)c1F. The molecule has 0 heterocycles. The fourth-order valence-electron chi connectivity index (χ4n) is 1.70. The summed E-state index contributed by atoms with van der Waals surface area (Å²) < 4.78 is 90.8. The van der Waals surface area contributed by atoms with Gasteiger partial charge < -0.3 is 0 Å². The molecule has 22 heavy (non-hydrogen) atoms. The Morgan fingerprint density at radius 1 is 0.909 bits per heavy atom. The second kappa shape index (κ2) is 5.91. The van der Waals surface area contributed by atoms with Crippen LogP contribution in [0, 0.1) is 29.1 Å². The third-order valence-electron chi connectivity index (χ3n) is 2.62. The molecule has 0 aliphatic carbocycles. The van der Waals surface area contributed by atoms with E-state index in [2.05, 4.69) is 0 Å². The molecule has 0 spiro atoms. The maximum absolute atomic E-state index is 13.4. The van der Waals surface area contributed by atoms with E-state index in [4.69, 9.17) is 0 Å². The predicted molar refractivity (Wildman–Crippen MR) is 68.9 cm³/mol. The molecule has 3 nitrogen and oxygen atoms in total. The van der Waals surface area contributed by atoms with Crippen LogP contribution in [-0.2, 0) is 15.8 Å². The molecular weight excluding hydrogens is 329 g/mol. The van der Waals surface area contributed by atoms with Crippen molar-refractivity contribution < 1.29 is 30.4 Å². The van der Waals surface area contributed by atoms with Gasteiger partial charge in [0.05, 0.1) is 5.75 Å². The lowest BCUT2D eigenvalue weighted by Gasteiger charge is -2.11. The van der Waals surface area contributed by atoms with Gasteiger partial charge in [-0.25, -0.2) is 30.4 Å². The Morgan fingerprint density at radius 3 is 2.05 bits per heavy atom. The molecule has 0 atom stereocenters. The first-order valence-corrected chi connectivity index (χ1v) is 7.43. The van der Waals surface area contributed by atoms with Gasteiger partial charge in [-0.2, -0.15) is 0 Å². The van der Waals surface area contributed by atoms with Crippen molar-refractivity contribution in [3.05, 3.63) is 65.0 Å². The van der Waals surface area contributed by atoms with Crippen molar-refractivity contribution in [2.24, 2.45) is 0 Å². The molecule has 9 heteroatoms. The smallest absolute Gasteiger partial charge is 0.237 e. The fraction of sp³-hybridized carbons (Fsp3) is 0.0769. The molecule has 0 bridgehead atoms. The Hall–Kier alpha value is -2.16. The predicted octanol–water partition coefficient (Wildman–Crippen LogP) is 3.32. The van der Waals surface area contributed by atoms with Crippen molar-refractivity contribution in [2.75, 3.05) is 4.72 Å². The third kappa shape index (κ3) is 3.53. The summed E-state index contributed by atoms with van der Waals surface area (Å²) in [6.07, 6.45) is 0. The van der Waals surface area contributed by atoms with E-state index in [0.29, 0.717) is 0 Å². The van der Waals surface area contributed by atoms with E-state index in [-0.39, 0.29) is 11.6 Å². The van der Waals surface area contributed by atoms with Crippen LogP contribution in [0.4, 0.5) is 27.6 Å². The minimum Gasteiger partial charge on any atom is -0.277 e. The van der Waals surface area contributed by atoms with Gasteiger partial charge in [0.2, 0.25) is 10.0 Å². The van der Waals surface area contributed by atoms with E-state index in [1.807, 2.05) is 0 Å². The maximum atomic E-state index is 13.4. The van der Waals surface area contributed by atoms with Crippen molar-refractivity contribution >= 4 is 15.7 Å². The maximum Gasteiger partial charge on any atom is 0.237 e. The lowest BCUT2D eigenvalue weighted by Crippen LogP contribution is -2.18. The van der Waals surface area contributed by atoms with E-state index in [9.17, 15) is 30.4 Å². The van der Waals surface area contributed by atoms with Crippen molar-refractivity contribution in [3.63, 3.8) is 0 Å². The molecule has 0 aromatic heterocycles. The Balaban J connectivity index is 2.34. The highest BCUT2D eigenvalue weighted by Crippen LogP contribution is 2.25. The lowest BCUT2D eigenvalue weighted by atomic mass is 10.2. The van der Waals surface area contributed by atoms with Crippen LogP contribution in [0.25, 0.3) is 0 Å². The molecule has 0 unspecified atom stereocenters. The molecule has 0 fully saturated rings. The Morgan fingerprint density at radius 2 is 1.50 bits per heavy atom. The molecule has 0 aliphatic rings. The van der Waals surface area contributed by atoms with Gasteiger partial charge >= 0.3 is 0 Å². The normalized spacial score (nSPS) is 11.5. The molecule has 2 aromatic rings. The topological polar surface area (TPSA) is 46.2 Å². The Kier molecular flexibility index (Phi) is 4.36. The van der Waals surface area contributed by atoms with Gasteiger partial charge in [0, 0.05) is 6.07 Å². The van der Waals surface area contributed by atoms with Gasteiger partial charge in [0.15, 0.2) is 23.3 Å². The summed E-state index contributed by atoms with van der Waals surface area (Å²) in [7, 11) is -4.41. The summed E-state index contributed by atoms with van der Waals surface area (Å²) in [4.78, 5) is 0. The van der Waals surface area contributed by atoms with Gasteiger partial charge in [0.1, 0.15) is 11.5 Å². The number of sulfonamides is 1. The van der Waals surface area contributed by atoms with Crippen LogP contribution in [0.15, 0.2) is 30.3 Å². The van der Waals surface area contributed by atoms with Crippen LogP contribution >= 0.6 is 0 Å². The second-order valence-electron chi connectivity index (χ2n) is 4.33. The monoisotopic (exact) mass is 337 g/mol. The molecule has 0 radical (unpaired) electrons. The second-order valence-corrected chi connectivity index (χ2v) is 6.06. The summed E-state index contributed by atoms with van der Waals surface area (Å²) in [5.41, 5.74) is -1.47. The lowest BCUT2D eigenvalue weighted by molar-refractivity contribution is 0.459. The number of hydrogen-bond donors (Lipinski definition) is 1. The zero-order valence-electron chi connectivity index (χ0n) is 10.7. The van der Waals surface area contributed by atoms with Crippen molar-refractivity contribution in [3.8, 4) is 0 Å². The summed E-state index contributed by atoms with van der Waals surface area (Å²) in [6, 6.07) is 4.43. The standard InChI is InChI=1S/C13H8F5NO2S/c14-8-3-1-2-7(4-8)6-22(20,21)19-13-11(17)9(15)5-10(16)12(13)18/h1-5,19H,6H2. The quantitative estimate of drug-likeness (QED) is 0.687. The largest absolute Gasteiger partial charge is 0.277 e. The summed E-state index contributed by atoms with van der Waals surface area (Å²) >= 11 is 0. The first kappa shape index (κ1) is 16.2. The molecular formula is C13H8F5NO2S. The van der Waals surface area contributed by atoms with E-state index >= 15 is 0 Å². The number of hydrogen-bond acceptors (Lipinski definition) is 2. The third-order valence-corrected chi connectivity index (χ3v) is 3.84. The number of halogens is 5. The summed E-state index contributed by atoms with van der Waals surface area (Å²) in [6.45, 7) is 0. The van der Waals surface area contributed by atoms with Gasteiger partial charge in [-0.3, -0.25) is 4.72 Å². The van der Waals surface area contributed by atoms with Crippen molar-refractivity contribution in [1.82, 2.24) is 0 Å². The van der Waals surface area contributed by atoms with Gasteiger partial charge in [-0.05, 0) is 17.7 Å². The zero-order valence-corrected chi connectivity index (χ0v) is 11.5. The molecule has 118 valence electrons. The van der Waals surface area contributed by atoms with Crippen LogP contribution in [-0.4, -0.2) is 8.42 Å². The zero-order chi connectivity index (χ0) is 16.5. The van der Waals surface area contributed by atoms with Crippen LogP contribution < -0.4 is 4.72 Å². The highest BCUT2D eigenvalue weighted by atomic mass is 32.2. The minimum atomic E-state index is -4.41. The van der Waals surface area contributed by atoms with Crippen LogP contribution in [0.2, 0.25) is 0 Å². The fourth-order valence-corrected chi connectivity index (χ4v) is 2.88. The minimum absolute atomic E-state index is 0.00908. The molecule has 0 saturated heterocycles. The van der Waals surface area contributed by atoms with Crippen molar-refractivity contribution in [2.45, 2.75) is 5.75 Å². The highest BCUT2D eigenvalue weighted by molar-refractivity contribution is 7.91. The average molecular weight is 337 g/mol. The van der Waals surface area contributed by atoms with E-state index < -0.39 is 50.5 Å². The van der Waals surface area contributed by atoms with Crippen LogP contribution in [0.1, 0.15) is 5.56 Å². The Labute approximate surface area is 122 Å². The number of benzene rings is 2. The molecule has 0 aliphatic heterocycles. The van der Waals surface area contributed by atoms with E-state index in [1.165, 1.54) is 16.9 Å². The first-order valence-electron chi connectivity index (χ1n) is 5.77. The van der Waals surface area contributed by atoms with E-state index in [1.54, 1.807) is 0 Å². The van der Waals surface area contributed by atoms with Gasteiger partial charge in [0.25, 0.3) is 0 Å². The average Bonchev–Trinajstić information content (AvgIpc) is 2.41. The molecule has 2 rings (SSSR count). The van der Waals surface area contributed by atoms with Crippen molar-refractivity contribution in [1.29, 1.82) is 0 Å².